The minimum absolute atomic E-state index is 0.109. The number of methoxy groups -OCH3 is 1. The highest BCUT2D eigenvalue weighted by Gasteiger charge is 2.27. The minimum atomic E-state index is -3.60. The van der Waals surface area contributed by atoms with Crippen LogP contribution in [-0.4, -0.2) is 64.6 Å². The molecule has 0 aliphatic carbocycles. The van der Waals surface area contributed by atoms with E-state index < -0.39 is 20.0 Å². The maximum absolute atomic E-state index is 13.1. The summed E-state index contributed by atoms with van der Waals surface area (Å²) in [4.78, 5) is 13.1. The molecule has 0 spiro atoms. The highest BCUT2D eigenvalue weighted by molar-refractivity contribution is 7.89. The van der Waals surface area contributed by atoms with Crippen molar-refractivity contribution in [3.05, 3.63) is 48.0 Å². The van der Waals surface area contributed by atoms with Crippen molar-refractivity contribution in [3.8, 4) is 5.75 Å². The van der Waals surface area contributed by atoms with Crippen molar-refractivity contribution < 1.29 is 26.4 Å². The summed E-state index contributed by atoms with van der Waals surface area (Å²) in [6.45, 7) is 2.10. The van der Waals surface area contributed by atoms with Crippen LogP contribution in [0.3, 0.4) is 0 Å². The molecule has 2 heterocycles. The Morgan fingerprint density at radius 2 is 1.30 bits per heavy atom. The van der Waals surface area contributed by atoms with Gasteiger partial charge in [0.2, 0.25) is 26.0 Å². The molecule has 0 radical (unpaired) electrons. The van der Waals surface area contributed by atoms with Crippen LogP contribution in [0.25, 0.3) is 0 Å². The first-order chi connectivity index (χ1) is 17.7. The van der Waals surface area contributed by atoms with Crippen molar-refractivity contribution >= 4 is 31.6 Å². The second kappa shape index (κ2) is 11.9. The SMILES string of the molecule is COc1ccc(S(=O)(=O)N2CCCCC2)cc1CCC(=O)Nc1ccc(S(=O)(=O)N2CCCCC2)cc1. The summed E-state index contributed by atoms with van der Waals surface area (Å²) in [6, 6.07) is 11.0. The molecular weight excluding hydrogens is 514 g/mol. The first-order valence-corrected chi connectivity index (χ1v) is 15.7. The Hall–Kier alpha value is -2.47. The van der Waals surface area contributed by atoms with E-state index in [1.54, 1.807) is 30.3 Å². The molecule has 4 rings (SSSR count). The molecular formula is C26H35N3O6S2. The highest BCUT2D eigenvalue weighted by atomic mass is 32.2. The molecule has 202 valence electrons. The van der Waals surface area contributed by atoms with E-state index in [9.17, 15) is 21.6 Å². The topological polar surface area (TPSA) is 113 Å². The number of hydrogen-bond donors (Lipinski definition) is 1. The third kappa shape index (κ3) is 6.51. The molecule has 0 bridgehead atoms. The van der Waals surface area contributed by atoms with Crippen molar-refractivity contribution in [3.63, 3.8) is 0 Å². The Kier molecular flexibility index (Phi) is 8.89. The summed E-state index contributed by atoms with van der Waals surface area (Å²) in [7, 11) is -5.62. The number of rotatable bonds is 9. The smallest absolute Gasteiger partial charge is 0.243 e. The summed E-state index contributed by atoms with van der Waals surface area (Å²) >= 11 is 0. The molecule has 9 nitrogen and oxygen atoms in total. The van der Waals surface area contributed by atoms with E-state index in [0.717, 1.165) is 38.5 Å². The lowest BCUT2D eigenvalue weighted by Gasteiger charge is -2.26. The zero-order chi connectivity index (χ0) is 26.5. The number of hydrogen-bond acceptors (Lipinski definition) is 6. The van der Waals surface area contributed by atoms with Crippen molar-refractivity contribution in [1.29, 1.82) is 0 Å². The van der Waals surface area contributed by atoms with Gasteiger partial charge in [-0.05, 0) is 80.1 Å². The van der Waals surface area contributed by atoms with Crippen LogP contribution >= 0.6 is 0 Å². The van der Waals surface area contributed by atoms with Gasteiger partial charge in [-0.15, -0.1) is 0 Å². The number of piperidine rings is 2. The van der Waals surface area contributed by atoms with Gasteiger partial charge in [-0.3, -0.25) is 4.79 Å². The van der Waals surface area contributed by atoms with Gasteiger partial charge in [-0.25, -0.2) is 16.8 Å². The largest absolute Gasteiger partial charge is 0.496 e. The molecule has 2 fully saturated rings. The van der Waals surface area contributed by atoms with E-state index in [4.69, 9.17) is 4.74 Å². The molecule has 11 heteroatoms. The number of nitrogens with zero attached hydrogens (tertiary/aromatic N) is 2. The molecule has 2 aliphatic heterocycles. The van der Waals surface area contributed by atoms with Gasteiger partial charge in [0, 0.05) is 38.3 Å². The summed E-state index contributed by atoms with van der Waals surface area (Å²) in [5.74, 6) is 0.260. The summed E-state index contributed by atoms with van der Waals surface area (Å²) in [5, 5.41) is 2.79. The number of aryl methyl sites for hydroxylation is 1. The van der Waals surface area contributed by atoms with Gasteiger partial charge >= 0.3 is 0 Å². The lowest BCUT2D eigenvalue weighted by atomic mass is 10.1. The van der Waals surface area contributed by atoms with Crippen LogP contribution < -0.4 is 10.1 Å². The van der Waals surface area contributed by atoms with Crippen LogP contribution in [0, 0.1) is 0 Å². The van der Waals surface area contributed by atoms with Gasteiger partial charge in [0.15, 0.2) is 0 Å². The summed E-state index contributed by atoms with van der Waals surface area (Å²) in [5.41, 5.74) is 1.13. The second-order valence-electron chi connectivity index (χ2n) is 9.48. The normalized spacial score (nSPS) is 17.9. The molecule has 0 saturated carbocycles. The number of sulfonamides is 2. The molecule has 2 aliphatic rings. The average molecular weight is 550 g/mol. The summed E-state index contributed by atoms with van der Waals surface area (Å²) in [6.07, 6.45) is 5.92. The predicted molar refractivity (Wildman–Crippen MR) is 142 cm³/mol. The molecule has 2 aromatic rings. The van der Waals surface area contributed by atoms with Crippen molar-refractivity contribution in [2.24, 2.45) is 0 Å². The van der Waals surface area contributed by atoms with E-state index in [1.807, 2.05) is 0 Å². The number of carbonyl (C=O) groups excluding carboxylic acids is 1. The maximum atomic E-state index is 13.1. The number of nitrogens with one attached hydrogen (secondary N) is 1. The predicted octanol–water partition coefficient (Wildman–Crippen LogP) is 3.62. The lowest BCUT2D eigenvalue weighted by Crippen LogP contribution is -2.35. The fraction of sp³-hybridized carbons (Fsp3) is 0.500. The fourth-order valence-corrected chi connectivity index (χ4v) is 7.89. The quantitative estimate of drug-likeness (QED) is 0.511. The minimum Gasteiger partial charge on any atom is -0.496 e. The molecule has 37 heavy (non-hydrogen) atoms. The van der Waals surface area contributed by atoms with Crippen LogP contribution in [0.2, 0.25) is 0 Å². The fourth-order valence-electron chi connectivity index (χ4n) is 4.80. The van der Waals surface area contributed by atoms with Crippen LogP contribution in [0.1, 0.15) is 50.5 Å². The van der Waals surface area contributed by atoms with Crippen LogP contribution in [0.15, 0.2) is 52.3 Å². The third-order valence-corrected chi connectivity index (χ3v) is 10.7. The van der Waals surface area contributed by atoms with Gasteiger partial charge < -0.3 is 10.1 Å². The zero-order valence-corrected chi connectivity index (χ0v) is 22.8. The van der Waals surface area contributed by atoms with Crippen LogP contribution in [0.4, 0.5) is 5.69 Å². The molecule has 1 N–H and O–H groups in total. The number of carbonyl (C=O) groups is 1. The van der Waals surface area contributed by atoms with Crippen molar-refractivity contribution in [2.45, 2.75) is 61.2 Å². The van der Waals surface area contributed by atoms with Gasteiger partial charge in [0.25, 0.3) is 0 Å². The number of anilines is 1. The van der Waals surface area contributed by atoms with E-state index >= 15 is 0 Å². The number of amides is 1. The Morgan fingerprint density at radius 1 is 0.784 bits per heavy atom. The Morgan fingerprint density at radius 3 is 1.84 bits per heavy atom. The van der Waals surface area contributed by atoms with E-state index in [2.05, 4.69) is 5.32 Å². The molecule has 1 amide bonds. The maximum Gasteiger partial charge on any atom is 0.243 e. The van der Waals surface area contributed by atoms with Gasteiger partial charge in [-0.1, -0.05) is 12.8 Å². The molecule has 0 aromatic heterocycles. The highest BCUT2D eigenvalue weighted by Crippen LogP contribution is 2.28. The molecule has 2 saturated heterocycles. The van der Waals surface area contributed by atoms with Crippen molar-refractivity contribution in [1.82, 2.24) is 8.61 Å². The molecule has 2 aromatic carbocycles. The Bertz CT molecular complexity index is 1300. The Balaban J connectivity index is 1.39. The average Bonchev–Trinajstić information content (AvgIpc) is 2.93. The first kappa shape index (κ1) is 27.6. The first-order valence-electron chi connectivity index (χ1n) is 12.8. The molecule has 0 unspecified atom stereocenters. The van der Waals surface area contributed by atoms with E-state index in [-0.39, 0.29) is 22.1 Å². The van der Waals surface area contributed by atoms with E-state index in [0.29, 0.717) is 49.6 Å². The van der Waals surface area contributed by atoms with Gasteiger partial charge in [-0.2, -0.15) is 8.61 Å². The van der Waals surface area contributed by atoms with Gasteiger partial charge in [0.05, 0.1) is 16.9 Å². The van der Waals surface area contributed by atoms with E-state index in [1.165, 1.54) is 27.9 Å². The zero-order valence-electron chi connectivity index (χ0n) is 21.2. The van der Waals surface area contributed by atoms with Crippen LogP contribution in [-0.2, 0) is 31.3 Å². The molecule has 0 atom stereocenters. The van der Waals surface area contributed by atoms with Crippen LogP contribution in [0.5, 0.6) is 5.75 Å². The Labute approximate surface area is 219 Å². The monoisotopic (exact) mass is 549 g/mol. The van der Waals surface area contributed by atoms with Gasteiger partial charge in [0.1, 0.15) is 5.75 Å². The number of ether oxygens (including phenoxy) is 1. The second-order valence-corrected chi connectivity index (χ2v) is 13.4. The lowest BCUT2D eigenvalue weighted by molar-refractivity contribution is -0.116. The van der Waals surface area contributed by atoms with Crippen molar-refractivity contribution in [2.75, 3.05) is 38.6 Å². The third-order valence-electron chi connectivity index (χ3n) is 6.92. The standard InChI is InChI=1S/C26H35N3O6S2/c1-35-25-14-13-24(37(33,34)29-18-6-3-7-19-29)20-21(25)8-15-26(30)27-22-9-11-23(12-10-22)36(31,32)28-16-4-2-5-17-28/h9-14,20H,2-8,15-19H2,1H3,(H,27,30). The number of benzene rings is 2. The summed E-state index contributed by atoms with van der Waals surface area (Å²) < 4.78 is 60.2.